The molecule has 1 aliphatic rings. The summed E-state index contributed by atoms with van der Waals surface area (Å²) in [4.78, 5) is 4.23. The van der Waals surface area contributed by atoms with Gasteiger partial charge in [-0.15, -0.1) is 0 Å². The number of nitrogens with one attached hydrogen (secondary N) is 1. The zero-order chi connectivity index (χ0) is 8.55. The Bertz CT molecular complexity index is 299. The highest BCUT2D eigenvalue weighted by Crippen LogP contribution is 2.30. The number of pyridine rings is 1. The normalized spacial score (nSPS) is 20.0. The molecule has 2 heterocycles. The molecule has 3 heteroatoms. The van der Waals surface area contributed by atoms with Crippen molar-refractivity contribution in [2.75, 3.05) is 12.4 Å². The maximum absolute atomic E-state index is 5.23. The van der Waals surface area contributed by atoms with Gasteiger partial charge in [0, 0.05) is 17.8 Å². The first kappa shape index (κ1) is 7.40. The van der Waals surface area contributed by atoms with Crippen molar-refractivity contribution >= 4 is 5.82 Å². The van der Waals surface area contributed by atoms with Crippen LogP contribution in [0.5, 0.6) is 5.75 Å². The van der Waals surface area contributed by atoms with Gasteiger partial charge < -0.3 is 10.1 Å². The molecule has 0 spiro atoms. The van der Waals surface area contributed by atoms with Crippen molar-refractivity contribution in [2.24, 2.45) is 0 Å². The maximum atomic E-state index is 5.23. The molecule has 0 saturated carbocycles. The molecule has 0 amide bonds. The van der Waals surface area contributed by atoms with E-state index in [1.54, 1.807) is 13.3 Å². The monoisotopic (exact) mass is 164 g/mol. The minimum atomic E-state index is 0.476. The van der Waals surface area contributed by atoms with Gasteiger partial charge in [0.1, 0.15) is 11.6 Å². The van der Waals surface area contributed by atoms with E-state index in [0.717, 1.165) is 18.0 Å². The second kappa shape index (κ2) is 2.66. The van der Waals surface area contributed by atoms with Crippen LogP contribution in [-0.2, 0) is 6.42 Å². The van der Waals surface area contributed by atoms with E-state index < -0.39 is 0 Å². The zero-order valence-corrected chi connectivity index (χ0v) is 7.29. The molecule has 1 atom stereocenters. The van der Waals surface area contributed by atoms with E-state index in [1.165, 1.54) is 5.56 Å². The lowest BCUT2D eigenvalue weighted by molar-refractivity contribution is 0.410. The van der Waals surface area contributed by atoms with Gasteiger partial charge >= 0.3 is 0 Å². The highest BCUT2D eigenvalue weighted by Gasteiger charge is 2.20. The fraction of sp³-hybridized carbons (Fsp3) is 0.444. The molecule has 12 heavy (non-hydrogen) atoms. The molecule has 1 aliphatic heterocycles. The van der Waals surface area contributed by atoms with Crippen molar-refractivity contribution in [1.82, 2.24) is 4.98 Å². The summed E-state index contributed by atoms with van der Waals surface area (Å²) in [5.41, 5.74) is 1.20. The summed E-state index contributed by atoms with van der Waals surface area (Å²) in [5.74, 6) is 1.92. The predicted octanol–water partition coefficient (Wildman–Crippen LogP) is 1.45. The quantitative estimate of drug-likeness (QED) is 0.682. The lowest BCUT2D eigenvalue weighted by Crippen LogP contribution is -2.08. The summed E-state index contributed by atoms with van der Waals surface area (Å²) >= 11 is 0. The lowest BCUT2D eigenvalue weighted by atomic mass is 10.1. The third-order valence-electron chi connectivity index (χ3n) is 2.13. The third-order valence-corrected chi connectivity index (χ3v) is 2.13. The molecule has 0 aromatic carbocycles. The first-order valence-corrected chi connectivity index (χ1v) is 4.09. The van der Waals surface area contributed by atoms with Gasteiger partial charge in [-0.25, -0.2) is 4.98 Å². The van der Waals surface area contributed by atoms with Crippen LogP contribution in [0.1, 0.15) is 12.5 Å². The van der Waals surface area contributed by atoms with Crippen LogP contribution in [0.15, 0.2) is 12.3 Å². The molecule has 64 valence electrons. The van der Waals surface area contributed by atoms with Crippen molar-refractivity contribution in [3.8, 4) is 5.75 Å². The van der Waals surface area contributed by atoms with Crippen molar-refractivity contribution in [3.05, 3.63) is 17.8 Å². The standard InChI is InChI=1S/C9H12N2O/c1-6-5-7-8(12-2)3-4-10-9(7)11-6/h3-4,6H,5H2,1-2H3,(H,10,11). The first-order valence-electron chi connectivity index (χ1n) is 4.09. The third kappa shape index (κ3) is 1.02. The lowest BCUT2D eigenvalue weighted by Gasteiger charge is -2.03. The van der Waals surface area contributed by atoms with Gasteiger partial charge in [0.15, 0.2) is 0 Å². The van der Waals surface area contributed by atoms with Gasteiger partial charge in [-0.05, 0) is 19.4 Å². The Labute approximate surface area is 71.8 Å². The number of aromatic nitrogens is 1. The minimum Gasteiger partial charge on any atom is -0.496 e. The van der Waals surface area contributed by atoms with Crippen LogP contribution in [-0.4, -0.2) is 18.1 Å². The molecule has 2 rings (SSSR count). The van der Waals surface area contributed by atoms with Crippen LogP contribution >= 0.6 is 0 Å². The van der Waals surface area contributed by atoms with Gasteiger partial charge in [-0.3, -0.25) is 0 Å². The summed E-state index contributed by atoms with van der Waals surface area (Å²) in [6.45, 7) is 2.14. The summed E-state index contributed by atoms with van der Waals surface area (Å²) in [6.07, 6.45) is 2.77. The van der Waals surface area contributed by atoms with Crippen LogP contribution in [0.3, 0.4) is 0 Å². The number of hydrogen-bond donors (Lipinski definition) is 1. The second-order valence-electron chi connectivity index (χ2n) is 3.09. The molecule has 3 nitrogen and oxygen atoms in total. The molecular weight excluding hydrogens is 152 g/mol. The largest absolute Gasteiger partial charge is 0.496 e. The number of anilines is 1. The summed E-state index contributed by atoms with van der Waals surface area (Å²) in [7, 11) is 1.69. The maximum Gasteiger partial charge on any atom is 0.133 e. The topological polar surface area (TPSA) is 34.1 Å². The van der Waals surface area contributed by atoms with E-state index in [1.807, 2.05) is 6.07 Å². The molecule has 0 bridgehead atoms. The van der Waals surface area contributed by atoms with E-state index in [2.05, 4.69) is 17.2 Å². The number of hydrogen-bond acceptors (Lipinski definition) is 3. The van der Waals surface area contributed by atoms with Gasteiger partial charge in [-0.2, -0.15) is 0 Å². The highest BCUT2D eigenvalue weighted by atomic mass is 16.5. The van der Waals surface area contributed by atoms with E-state index in [0.29, 0.717) is 6.04 Å². The molecule has 0 saturated heterocycles. The highest BCUT2D eigenvalue weighted by molar-refractivity contribution is 5.56. The van der Waals surface area contributed by atoms with Crippen molar-refractivity contribution in [1.29, 1.82) is 0 Å². The number of ether oxygens (including phenoxy) is 1. The SMILES string of the molecule is COc1ccnc2c1CC(C)N2. The van der Waals surface area contributed by atoms with Gasteiger partial charge in [0.25, 0.3) is 0 Å². The molecule has 1 aromatic rings. The minimum absolute atomic E-state index is 0.476. The Morgan fingerprint density at radius 2 is 2.50 bits per heavy atom. The summed E-state index contributed by atoms with van der Waals surface area (Å²) < 4.78 is 5.23. The second-order valence-corrected chi connectivity index (χ2v) is 3.09. The van der Waals surface area contributed by atoms with Crippen LogP contribution < -0.4 is 10.1 Å². The fourth-order valence-electron chi connectivity index (χ4n) is 1.58. The molecule has 0 fully saturated rings. The predicted molar refractivity (Wildman–Crippen MR) is 47.6 cm³/mol. The number of nitrogens with zero attached hydrogens (tertiary/aromatic N) is 1. The van der Waals surface area contributed by atoms with Gasteiger partial charge in [0.05, 0.1) is 7.11 Å². The molecule has 1 unspecified atom stereocenters. The number of rotatable bonds is 1. The Morgan fingerprint density at radius 3 is 3.25 bits per heavy atom. The van der Waals surface area contributed by atoms with E-state index in [-0.39, 0.29) is 0 Å². The van der Waals surface area contributed by atoms with Crippen molar-refractivity contribution in [3.63, 3.8) is 0 Å². The first-order chi connectivity index (χ1) is 5.81. The fourth-order valence-corrected chi connectivity index (χ4v) is 1.58. The van der Waals surface area contributed by atoms with Crippen molar-refractivity contribution < 1.29 is 4.74 Å². The Hall–Kier alpha value is -1.25. The number of fused-ring (bicyclic) bond motifs is 1. The van der Waals surface area contributed by atoms with Gasteiger partial charge in [-0.1, -0.05) is 0 Å². The van der Waals surface area contributed by atoms with Gasteiger partial charge in [0.2, 0.25) is 0 Å². The van der Waals surface area contributed by atoms with E-state index >= 15 is 0 Å². The van der Waals surface area contributed by atoms with Crippen molar-refractivity contribution in [2.45, 2.75) is 19.4 Å². The molecule has 1 N–H and O–H groups in total. The molecule has 0 radical (unpaired) electrons. The smallest absolute Gasteiger partial charge is 0.133 e. The molecule has 0 aliphatic carbocycles. The number of methoxy groups -OCH3 is 1. The van der Waals surface area contributed by atoms with E-state index in [9.17, 15) is 0 Å². The summed E-state index contributed by atoms with van der Waals surface area (Å²) in [5, 5.41) is 3.28. The average Bonchev–Trinajstić information content (AvgIpc) is 2.44. The zero-order valence-electron chi connectivity index (χ0n) is 7.29. The molecular formula is C9H12N2O. The van der Waals surface area contributed by atoms with Crippen LogP contribution in [0, 0.1) is 0 Å². The Kier molecular flexibility index (Phi) is 1.64. The van der Waals surface area contributed by atoms with E-state index in [4.69, 9.17) is 4.74 Å². The van der Waals surface area contributed by atoms with Crippen LogP contribution in [0.4, 0.5) is 5.82 Å². The van der Waals surface area contributed by atoms with Crippen LogP contribution in [0.25, 0.3) is 0 Å². The molecule has 1 aromatic heterocycles. The Morgan fingerprint density at radius 1 is 1.67 bits per heavy atom. The van der Waals surface area contributed by atoms with Crippen LogP contribution in [0.2, 0.25) is 0 Å². The average molecular weight is 164 g/mol. The Balaban J connectivity index is 2.44. The summed E-state index contributed by atoms with van der Waals surface area (Å²) in [6, 6.07) is 2.38.